The SMILES string of the molecule is CC1OCC2=C1C=CCC2. The molecule has 2 aliphatic rings. The number of hydrogen-bond acceptors (Lipinski definition) is 1. The van der Waals surface area contributed by atoms with Crippen molar-refractivity contribution in [3.8, 4) is 0 Å². The molecule has 1 aliphatic carbocycles. The highest BCUT2D eigenvalue weighted by Crippen LogP contribution is 2.28. The van der Waals surface area contributed by atoms with Crippen LogP contribution in [-0.4, -0.2) is 12.7 Å². The lowest BCUT2D eigenvalue weighted by atomic mass is 9.97. The van der Waals surface area contributed by atoms with Crippen LogP contribution in [0.1, 0.15) is 19.8 Å². The van der Waals surface area contributed by atoms with E-state index in [0.29, 0.717) is 6.10 Å². The molecule has 0 N–H and O–H groups in total. The van der Waals surface area contributed by atoms with E-state index >= 15 is 0 Å². The third-order valence-corrected chi connectivity index (χ3v) is 2.26. The highest BCUT2D eigenvalue weighted by Gasteiger charge is 2.21. The van der Waals surface area contributed by atoms with Gasteiger partial charge in [-0.25, -0.2) is 0 Å². The van der Waals surface area contributed by atoms with E-state index in [4.69, 9.17) is 4.74 Å². The first-order valence-electron chi connectivity index (χ1n) is 3.88. The van der Waals surface area contributed by atoms with Crippen LogP contribution in [0.5, 0.6) is 0 Å². The molecule has 1 unspecified atom stereocenters. The normalized spacial score (nSPS) is 31.1. The Morgan fingerprint density at radius 2 is 2.50 bits per heavy atom. The van der Waals surface area contributed by atoms with Gasteiger partial charge in [-0.3, -0.25) is 0 Å². The molecule has 0 aromatic carbocycles. The zero-order valence-electron chi connectivity index (χ0n) is 6.26. The van der Waals surface area contributed by atoms with Gasteiger partial charge in [0.2, 0.25) is 0 Å². The molecule has 1 heterocycles. The van der Waals surface area contributed by atoms with Gasteiger partial charge in [-0.15, -0.1) is 0 Å². The lowest BCUT2D eigenvalue weighted by molar-refractivity contribution is 0.135. The first-order chi connectivity index (χ1) is 4.88. The lowest BCUT2D eigenvalue weighted by Crippen LogP contribution is -2.01. The first kappa shape index (κ1) is 6.17. The molecule has 0 radical (unpaired) electrons. The summed E-state index contributed by atoms with van der Waals surface area (Å²) < 4.78 is 5.47. The van der Waals surface area contributed by atoms with E-state index in [2.05, 4.69) is 19.1 Å². The van der Waals surface area contributed by atoms with Crippen molar-refractivity contribution in [3.05, 3.63) is 23.3 Å². The number of rotatable bonds is 0. The molecular weight excluding hydrogens is 124 g/mol. The minimum absolute atomic E-state index is 0.353. The van der Waals surface area contributed by atoms with E-state index in [9.17, 15) is 0 Å². The Labute approximate surface area is 61.4 Å². The van der Waals surface area contributed by atoms with Crippen LogP contribution < -0.4 is 0 Å². The van der Waals surface area contributed by atoms with Crippen LogP contribution in [0.2, 0.25) is 0 Å². The summed E-state index contributed by atoms with van der Waals surface area (Å²) in [5.41, 5.74) is 2.96. The summed E-state index contributed by atoms with van der Waals surface area (Å²) in [7, 11) is 0. The van der Waals surface area contributed by atoms with E-state index < -0.39 is 0 Å². The highest BCUT2D eigenvalue weighted by molar-refractivity contribution is 5.35. The molecule has 10 heavy (non-hydrogen) atoms. The van der Waals surface area contributed by atoms with Crippen LogP contribution in [0, 0.1) is 0 Å². The fourth-order valence-electron chi connectivity index (χ4n) is 1.62. The van der Waals surface area contributed by atoms with Crippen molar-refractivity contribution in [3.63, 3.8) is 0 Å². The molecule has 1 heteroatoms. The fourth-order valence-corrected chi connectivity index (χ4v) is 1.62. The molecule has 2 rings (SSSR count). The van der Waals surface area contributed by atoms with Crippen molar-refractivity contribution < 1.29 is 4.74 Å². The smallest absolute Gasteiger partial charge is 0.0801 e. The Morgan fingerprint density at radius 3 is 3.30 bits per heavy atom. The predicted octanol–water partition coefficient (Wildman–Crippen LogP) is 2.05. The maximum atomic E-state index is 5.47. The van der Waals surface area contributed by atoms with Crippen molar-refractivity contribution in [2.75, 3.05) is 6.61 Å². The molecule has 1 atom stereocenters. The van der Waals surface area contributed by atoms with Crippen molar-refractivity contribution >= 4 is 0 Å². The second-order valence-electron chi connectivity index (χ2n) is 2.95. The molecule has 0 amide bonds. The largest absolute Gasteiger partial charge is 0.369 e. The monoisotopic (exact) mass is 136 g/mol. The highest BCUT2D eigenvalue weighted by atomic mass is 16.5. The summed E-state index contributed by atoms with van der Waals surface area (Å²) >= 11 is 0. The first-order valence-corrected chi connectivity index (χ1v) is 3.88. The lowest BCUT2D eigenvalue weighted by Gasteiger charge is -2.07. The van der Waals surface area contributed by atoms with Gasteiger partial charge in [-0.2, -0.15) is 0 Å². The van der Waals surface area contributed by atoms with Crippen molar-refractivity contribution in [2.24, 2.45) is 0 Å². The average molecular weight is 136 g/mol. The van der Waals surface area contributed by atoms with Gasteiger partial charge in [0.05, 0.1) is 12.7 Å². The minimum atomic E-state index is 0.353. The quantitative estimate of drug-likeness (QED) is 0.495. The van der Waals surface area contributed by atoms with Crippen molar-refractivity contribution in [1.82, 2.24) is 0 Å². The van der Waals surface area contributed by atoms with Crippen LogP contribution in [0.25, 0.3) is 0 Å². The summed E-state index contributed by atoms with van der Waals surface area (Å²) in [6, 6.07) is 0. The van der Waals surface area contributed by atoms with E-state index in [0.717, 1.165) is 6.61 Å². The second kappa shape index (κ2) is 2.24. The van der Waals surface area contributed by atoms with Gasteiger partial charge in [0, 0.05) is 0 Å². The van der Waals surface area contributed by atoms with Gasteiger partial charge in [-0.1, -0.05) is 12.2 Å². The molecular formula is C9H12O. The van der Waals surface area contributed by atoms with Crippen LogP contribution >= 0.6 is 0 Å². The Bertz CT molecular complexity index is 201. The van der Waals surface area contributed by atoms with E-state index in [-0.39, 0.29) is 0 Å². The van der Waals surface area contributed by atoms with Gasteiger partial charge in [0.25, 0.3) is 0 Å². The van der Waals surface area contributed by atoms with Gasteiger partial charge >= 0.3 is 0 Å². The van der Waals surface area contributed by atoms with Crippen molar-refractivity contribution in [2.45, 2.75) is 25.9 Å². The van der Waals surface area contributed by atoms with Crippen LogP contribution in [0.15, 0.2) is 23.3 Å². The van der Waals surface area contributed by atoms with E-state index in [1.807, 2.05) is 0 Å². The van der Waals surface area contributed by atoms with Gasteiger partial charge in [0.15, 0.2) is 0 Å². The molecule has 1 aliphatic heterocycles. The van der Waals surface area contributed by atoms with E-state index in [1.54, 1.807) is 0 Å². The molecule has 0 bridgehead atoms. The average Bonchev–Trinajstić information content (AvgIpc) is 2.34. The molecule has 0 saturated heterocycles. The number of allylic oxidation sites excluding steroid dienone is 1. The second-order valence-corrected chi connectivity index (χ2v) is 2.95. The molecule has 0 aromatic rings. The van der Waals surface area contributed by atoms with Gasteiger partial charge in [-0.05, 0) is 30.9 Å². The number of hydrogen-bond donors (Lipinski definition) is 0. The van der Waals surface area contributed by atoms with Gasteiger partial charge in [0.1, 0.15) is 0 Å². The Hall–Kier alpha value is -0.560. The van der Waals surface area contributed by atoms with E-state index in [1.165, 1.54) is 24.0 Å². The third-order valence-electron chi connectivity index (χ3n) is 2.26. The molecule has 54 valence electrons. The molecule has 0 aromatic heterocycles. The minimum Gasteiger partial charge on any atom is -0.369 e. The Kier molecular flexibility index (Phi) is 1.38. The zero-order valence-corrected chi connectivity index (χ0v) is 6.26. The maximum absolute atomic E-state index is 5.47. The Morgan fingerprint density at radius 1 is 1.60 bits per heavy atom. The van der Waals surface area contributed by atoms with Crippen LogP contribution in [0.3, 0.4) is 0 Å². The van der Waals surface area contributed by atoms with Gasteiger partial charge < -0.3 is 4.74 Å². The summed E-state index contributed by atoms with van der Waals surface area (Å²) in [4.78, 5) is 0. The predicted molar refractivity (Wildman–Crippen MR) is 40.8 cm³/mol. The number of ether oxygens (including phenoxy) is 1. The summed E-state index contributed by atoms with van der Waals surface area (Å²) in [6.45, 7) is 3.00. The van der Waals surface area contributed by atoms with Crippen LogP contribution in [0.4, 0.5) is 0 Å². The molecule has 0 fully saturated rings. The summed E-state index contributed by atoms with van der Waals surface area (Å²) in [6.07, 6.45) is 7.23. The zero-order chi connectivity index (χ0) is 6.97. The third kappa shape index (κ3) is 0.816. The molecule has 1 nitrogen and oxygen atoms in total. The molecule has 0 spiro atoms. The fraction of sp³-hybridized carbons (Fsp3) is 0.556. The standard InChI is InChI=1S/C9H12O/c1-7-9-5-3-2-4-8(9)6-10-7/h3,5,7H,2,4,6H2,1H3. The topological polar surface area (TPSA) is 9.23 Å². The Balaban J connectivity index is 2.30. The maximum Gasteiger partial charge on any atom is 0.0801 e. The summed E-state index contributed by atoms with van der Waals surface area (Å²) in [5.74, 6) is 0. The summed E-state index contributed by atoms with van der Waals surface area (Å²) in [5, 5.41) is 0. The van der Waals surface area contributed by atoms with Crippen molar-refractivity contribution in [1.29, 1.82) is 0 Å². The molecule has 0 saturated carbocycles. The van der Waals surface area contributed by atoms with Crippen LogP contribution in [-0.2, 0) is 4.74 Å².